The molecule has 25 heavy (non-hydrogen) atoms. The summed E-state index contributed by atoms with van der Waals surface area (Å²) in [7, 11) is -3.28. The van der Waals surface area contributed by atoms with Crippen LogP contribution in [0.1, 0.15) is 57.4 Å². The van der Waals surface area contributed by atoms with Crippen LogP contribution in [0.5, 0.6) is 0 Å². The molecular weight excluding hydrogens is 336 g/mol. The maximum atomic E-state index is 12.3. The Kier molecular flexibility index (Phi) is 5.67. The first-order valence-corrected chi connectivity index (χ1v) is 11.0. The highest BCUT2D eigenvalue weighted by molar-refractivity contribution is 7.92. The van der Waals surface area contributed by atoms with Gasteiger partial charge in [0.25, 0.3) is 0 Å². The second-order valence-corrected chi connectivity index (χ2v) is 9.34. The predicted octanol–water partition coefficient (Wildman–Crippen LogP) is 3.70. The van der Waals surface area contributed by atoms with E-state index in [2.05, 4.69) is 5.32 Å². The summed E-state index contributed by atoms with van der Waals surface area (Å²) in [5.74, 6) is 0.803. The minimum atomic E-state index is -3.28. The van der Waals surface area contributed by atoms with Crippen molar-refractivity contribution in [3.8, 4) is 0 Å². The van der Waals surface area contributed by atoms with Crippen LogP contribution in [0.15, 0.2) is 18.2 Å². The minimum absolute atomic E-state index is 0.0209. The van der Waals surface area contributed by atoms with Crippen molar-refractivity contribution in [1.29, 1.82) is 0 Å². The Morgan fingerprint density at radius 2 is 2.00 bits per heavy atom. The zero-order chi connectivity index (χ0) is 17.9. The molecule has 1 aromatic rings. The molecule has 1 aliphatic carbocycles. The zero-order valence-corrected chi connectivity index (χ0v) is 15.8. The molecule has 1 heterocycles. The van der Waals surface area contributed by atoms with E-state index in [4.69, 9.17) is 0 Å². The van der Waals surface area contributed by atoms with Gasteiger partial charge in [0.2, 0.25) is 15.9 Å². The van der Waals surface area contributed by atoms with E-state index in [1.165, 1.54) is 30.0 Å². The van der Waals surface area contributed by atoms with Gasteiger partial charge in [0, 0.05) is 18.7 Å². The fraction of sp³-hybridized carbons (Fsp3) is 0.632. The third kappa shape index (κ3) is 4.35. The van der Waals surface area contributed by atoms with Crippen molar-refractivity contribution in [2.75, 3.05) is 21.9 Å². The van der Waals surface area contributed by atoms with Crippen molar-refractivity contribution in [1.82, 2.24) is 0 Å². The molecular formula is C19H28N2O3S. The zero-order valence-electron chi connectivity index (χ0n) is 15.0. The lowest BCUT2D eigenvalue weighted by molar-refractivity contribution is -0.116. The summed E-state index contributed by atoms with van der Waals surface area (Å²) >= 11 is 0. The highest BCUT2D eigenvalue weighted by Crippen LogP contribution is 2.32. The lowest BCUT2D eigenvalue weighted by Crippen LogP contribution is -2.36. The smallest absolute Gasteiger partial charge is 0.234 e. The largest absolute Gasteiger partial charge is 0.326 e. The van der Waals surface area contributed by atoms with E-state index in [-0.39, 0.29) is 11.7 Å². The molecule has 1 fully saturated rings. The molecule has 0 saturated heterocycles. The fourth-order valence-corrected chi connectivity index (χ4v) is 5.11. The molecule has 3 rings (SSSR count). The molecule has 1 saturated carbocycles. The monoisotopic (exact) mass is 364 g/mol. The number of carbonyl (C=O) groups excluding carboxylic acids is 1. The van der Waals surface area contributed by atoms with Crippen LogP contribution >= 0.6 is 0 Å². The number of rotatable bonds is 6. The number of sulfonamides is 1. The van der Waals surface area contributed by atoms with Crippen LogP contribution in [0.4, 0.5) is 11.4 Å². The van der Waals surface area contributed by atoms with Gasteiger partial charge in [-0.1, -0.05) is 31.7 Å². The first kappa shape index (κ1) is 18.2. The quantitative estimate of drug-likeness (QED) is 0.837. The molecule has 0 radical (unpaired) electrons. The second kappa shape index (κ2) is 7.77. The average Bonchev–Trinajstić information content (AvgIpc) is 3.13. The van der Waals surface area contributed by atoms with Crippen molar-refractivity contribution < 1.29 is 13.2 Å². The van der Waals surface area contributed by atoms with Gasteiger partial charge in [0.05, 0.1) is 11.4 Å². The fourth-order valence-electron chi connectivity index (χ4n) is 3.92. The first-order chi connectivity index (χ1) is 12.0. The van der Waals surface area contributed by atoms with Gasteiger partial charge >= 0.3 is 0 Å². The summed E-state index contributed by atoms with van der Waals surface area (Å²) in [6, 6.07) is 5.64. The molecule has 2 aliphatic rings. The molecule has 0 unspecified atom stereocenters. The number of nitrogens with zero attached hydrogens (tertiary/aromatic N) is 1. The molecule has 0 bridgehead atoms. The van der Waals surface area contributed by atoms with Crippen LogP contribution in [0.25, 0.3) is 0 Å². The summed E-state index contributed by atoms with van der Waals surface area (Å²) in [4.78, 5) is 12.2. The van der Waals surface area contributed by atoms with Crippen molar-refractivity contribution >= 4 is 27.3 Å². The van der Waals surface area contributed by atoms with E-state index < -0.39 is 10.0 Å². The number of amides is 1. The molecule has 1 amide bonds. The number of fused-ring (bicyclic) bond motifs is 1. The molecule has 6 heteroatoms. The normalized spacial score (nSPS) is 18.2. The standard InChI is InChI=1S/C19H28N2O3S/c1-2-25(23,24)21-13-5-8-16-10-11-17(14-18(16)21)20-19(22)12-9-15-6-3-4-7-15/h10-11,14-15H,2-9,12-13H2,1H3,(H,20,22). The van der Waals surface area contributed by atoms with Gasteiger partial charge in [-0.2, -0.15) is 0 Å². The van der Waals surface area contributed by atoms with E-state index in [0.29, 0.717) is 24.6 Å². The van der Waals surface area contributed by atoms with Gasteiger partial charge in [-0.15, -0.1) is 0 Å². The Hall–Kier alpha value is -1.56. The molecule has 0 atom stereocenters. The number of anilines is 2. The van der Waals surface area contributed by atoms with Crippen molar-refractivity contribution in [2.45, 2.75) is 58.3 Å². The summed E-state index contributed by atoms with van der Waals surface area (Å²) < 4.78 is 26.2. The molecule has 1 aliphatic heterocycles. The van der Waals surface area contributed by atoms with Crippen LogP contribution in [0.2, 0.25) is 0 Å². The summed E-state index contributed by atoms with van der Waals surface area (Å²) in [5, 5.41) is 2.95. The molecule has 0 aromatic heterocycles. The van der Waals surface area contributed by atoms with E-state index >= 15 is 0 Å². The van der Waals surface area contributed by atoms with E-state index in [1.54, 1.807) is 6.92 Å². The van der Waals surface area contributed by atoms with Crippen LogP contribution in [0, 0.1) is 5.92 Å². The third-order valence-corrected chi connectivity index (χ3v) is 7.18. The lowest BCUT2D eigenvalue weighted by atomic mass is 10.0. The molecule has 5 nitrogen and oxygen atoms in total. The van der Waals surface area contributed by atoms with Gasteiger partial charge in [0.15, 0.2) is 0 Å². The van der Waals surface area contributed by atoms with Crippen LogP contribution < -0.4 is 9.62 Å². The van der Waals surface area contributed by atoms with Crippen LogP contribution in [-0.2, 0) is 21.2 Å². The van der Waals surface area contributed by atoms with Crippen molar-refractivity contribution in [2.24, 2.45) is 5.92 Å². The van der Waals surface area contributed by atoms with E-state index in [0.717, 1.165) is 30.5 Å². The van der Waals surface area contributed by atoms with Gasteiger partial charge in [-0.25, -0.2) is 8.42 Å². The number of hydrogen-bond donors (Lipinski definition) is 1. The van der Waals surface area contributed by atoms with Crippen molar-refractivity contribution in [3.05, 3.63) is 23.8 Å². The maximum absolute atomic E-state index is 12.3. The molecule has 1 N–H and O–H groups in total. The summed E-state index contributed by atoms with van der Waals surface area (Å²) in [6.45, 7) is 2.18. The number of hydrogen-bond acceptors (Lipinski definition) is 3. The van der Waals surface area contributed by atoms with Crippen LogP contribution in [-0.4, -0.2) is 26.6 Å². The maximum Gasteiger partial charge on any atom is 0.234 e. The Labute approximate surface area is 150 Å². The molecule has 138 valence electrons. The average molecular weight is 365 g/mol. The number of aryl methyl sites for hydroxylation is 1. The molecule has 1 aromatic carbocycles. The second-order valence-electron chi connectivity index (χ2n) is 7.16. The Balaban J connectivity index is 1.69. The van der Waals surface area contributed by atoms with Crippen LogP contribution in [0.3, 0.4) is 0 Å². The number of benzene rings is 1. The highest BCUT2D eigenvalue weighted by Gasteiger charge is 2.26. The third-order valence-electron chi connectivity index (χ3n) is 5.40. The van der Waals surface area contributed by atoms with Crippen molar-refractivity contribution in [3.63, 3.8) is 0 Å². The van der Waals surface area contributed by atoms with Gasteiger partial charge in [-0.05, 0) is 49.8 Å². The Bertz CT molecular complexity index is 724. The first-order valence-electron chi connectivity index (χ1n) is 9.43. The Morgan fingerprint density at radius 3 is 2.72 bits per heavy atom. The number of nitrogens with one attached hydrogen (secondary N) is 1. The van der Waals surface area contributed by atoms with Gasteiger partial charge in [0.1, 0.15) is 0 Å². The Morgan fingerprint density at radius 1 is 1.24 bits per heavy atom. The summed E-state index contributed by atoms with van der Waals surface area (Å²) in [6.07, 6.45) is 8.27. The minimum Gasteiger partial charge on any atom is -0.326 e. The van der Waals surface area contributed by atoms with E-state index in [1.807, 2.05) is 18.2 Å². The predicted molar refractivity (Wildman–Crippen MR) is 101 cm³/mol. The van der Waals surface area contributed by atoms with Gasteiger partial charge in [-0.3, -0.25) is 9.10 Å². The lowest BCUT2D eigenvalue weighted by Gasteiger charge is -2.30. The topological polar surface area (TPSA) is 66.5 Å². The highest BCUT2D eigenvalue weighted by atomic mass is 32.2. The number of carbonyl (C=O) groups is 1. The van der Waals surface area contributed by atoms with Gasteiger partial charge < -0.3 is 5.32 Å². The molecule has 0 spiro atoms. The summed E-state index contributed by atoms with van der Waals surface area (Å²) in [5.41, 5.74) is 2.45. The van der Waals surface area contributed by atoms with E-state index in [9.17, 15) is 13.2 Å². The SMILES string of the molecule is CCS(=O)(=O)N1CCCc2ccc(NC(=O)CCC3CCCC3)cc21.